The first-order valence-corrected chi connectivity index (χ1v) is 7.27. The van der Waals surface area contributed by atoms with Crippen LogP contribution in [0.5, 0.6) is 0 Å². The van der Waals surface area contributed by atoms with Gasteiger partial charge in [0.2, 0.25) is 0 Å². The van der Waals surface area contributed by atoms with Gasteiger partial charge < -0.3 is 10.8 Å². The van der Waals surface area contributed by atoms with Crippen LogP contribution in [0.25, 0.3) is 0 Å². The normalized spacial score (nSPS) is 14.2. The number of benzene rings is 2. The number of halogens is 1. The molecule has 0 heterocycles. The first-order valence-electron chi connectivity index (χ1n) is 7.27. The van der Waals surface area contributed by atoms with Crippen molar-refractivity contribution in [2.75, 3.05) is 6.54 Å². The highest BCUT2D eigenvalue weighted by molar-refractivity contribution is 5.31. The van der Waals surface area contributed by atoms with E-state index in [-0.39, 0.29) is 12.4 Å². The van der Waals surface area contributed by atoms with Gasteiger partial charge in [-0.05, 0) is 28.7 Å². The second kappa shape index (κ2) is 6.83. The minimum Gasteiger partial charge on any atom is -0.388 e. The molecule has 2 unspecified atom stereocenters. The second-order valence-corrected chi connectivity index (χ2v) is 5.63. The van der Waals surface area contributed by atoms with Crippen LogP contribution in [0.4, 0.5) is 4.39 Å². The molecule has 3 heteroatoms. The third-order valence-corrected chi connectivity index (χ3v) is 3.88. The van der Waals surface area contributed by atoms with Gasteiger partial charge in [0.05, 0.1) is 6.10 Å². The van der Waals surface area contributed by atoms with Crippen molar-refractivity contribution in [1.29, 1.82) is 0 Å². The third-order valence-electron chi connectivity index (χ3n) is 3.88. The Hall–Kier alpha value is -1.71. The molecule has 2 atom stereocenters. The predicted octanol–water partition coefficient (Wildman–Crippen LogP) is 3.73. The molecule has 0 radical (unpaired) electrons. The minimum absolute atomic E-state index is 0.189. The number of hydrogen-bond donors (Lipinski definition) is 2. The van der Waals surface area contributed by atoms with E-state index in [9.17, 15) is 9.50 Å². The second-order valence-electron chi connectivity index (χ2n) is 5.63. The molecule has 2 rings (SSSR count). The van der Waals surface area contributed by atoms with Gasteiger partial charge in [-0.25, -0.2) is 4.39 Å². The van der Waals surface area contributed by atoms with Crippen LogP contribution < -0.4 is 5.73 Å². The van der Waals surface area contributed by atoms with Crippen LogP contribution in [0.15, 0.2) is 48.5 Å². The maximum absolute atomic E-state index is 13.9. The van der Waals surface area contributed by atoms with Gasteiger partial charge in [0, 0.05) is 12.5 Å². The van der Waals surface area contributed by atoms with Gasteiger partial charge in [0.1, 0.15) is 5.82 Å². The molecule has 0 saturated carbocycles. The highest BCUT2D eigenvalue weighted by atomic mass is 19.1. The first-order chi connectivity index (χ1) is 10.0. The molecule has 0 aliphatic heterocycles. The van der Waals surface area contributed by atoms with E-state index < -0.39 is 12.0 Å². The molecule has 0 amide bonds. The Balaban J connectivity index is 2.28. The van der Waals surface area contributed by atoms with Crippen LogP contribution in [-0.4, -0.2) is 11.7 Å². The topological polar surface area (TPSA) is 46.2 Å². The van der Waals surface area contributed by atoms with Crippen molar-refractivity contribution in [2.24, 2.45) is 5.73 Å². The first kappa shape index (κ1) is 15.7. The fourth-order valence-electron chi connectivity index (χ4n) is 2.51. The zero-order valence-electron chi connectivity index (χ0n) is 12.5. The lowest BCUT2D eigenvalue weighted by atomic mass is 9.88. The van der Waals surface area contributed by atoms with Crippen LogP contribution in [0.1, 0.15) is 48.5 Å². The molecule has 0 bridgehead atoms. The Morgan fingerprint density at radius 1 is 1.00 bits per heavy atom. The fraction of sp³-hybridized carbons (Fsp3) is 0.333. The van der Waals surface area contributed by atoms with Crippen LogP contribution in [0.3, 0.4) is 0 Å². The molecule has 0 aliphatic rings. The fourth-order valence-corrected chi connectivity index (χ4v) is 2.51. The van der Waals surface area contributed by atoms with Crippen LogP contribution in [0, 0.1) is 5.82 Å². The zero-order valence-corrected chi connectivity index (χ0v) is 12.5. The summed E-state index contributed by atoms with van der Waals surface area (Å²) in [6, 6.07) is 14.3. The molecule has 3 N–H and O–H groups in total. The summed E-state index contributed by atoms with van der Waals surface area (Å²) in [5.74, 6) is -0.338. The van der Waals surface area contributed by atoms with Gasteiger partial charge >= 0.3 is 0 Å². The molecule has 2 nitrogen and oxygen atoms in total. The molecular formula is C18H22FNO. The number of aliphatic hydroxyl groups excluding tert-OH is 1. The van der Waals surface area contributed by atoms with Crippen molar-refractivity contribution in [3.8, 4) is 0 Å². The molecule has 0 spiro atoms. The third kappa shape index (κ3) is 3.49. The maximum atomic E-state index is 13.9. The summed E-state index contributed by atoms with van der Waals surface area (Å²) in [4.78, 5) is 0. The Morgan fingerprint density at radius 3 is 2.10 bits per heavy atom. The Bertz CT molecular complexity index is 580. The van der Waals surface area contributed by atoms with Gasteiger partial charge in [-0.2, -0.15) is 0 Å². The van der Waals surface area contributed by atoms with Crippen molar-refractivity contribution in [3.63, 3.8) is 0 Å². The molecule has 21 heavy (non-hydrogen) atoms. The van der Waals surface area contributed by atoms with E-state index in [1.807, 2.05) is 24.3 Å². The lowest BCUT2D eigenvalue weighted by Crippen LogP contribution is -2.21. The molecule has 0 fully saturated rings. The molecule has 0 aliphatic carbocycles. The van der Waals surface area contributed by atoms with Gasteiger partial charge in [-0.1, -0.05) is 56.3 Å². The lowest BCUT2D eigenvalue weighted by Gasteiger charge is -2.23. The van der Waals surface area contributed by atoms with E-state index >= 15 is 0 Å². The average molecular weight is 287 g/mol. The predicted molar refractivity (Wildman–Crippen MR) is 83.7 cm³/mol. The van der Waals surface area contributed by atoms with Crippen LogP contribution in [0.2, 0.25) is 0 Å². The molecule has 0 saturated heterocycles. The summed E-state index contributed by atoms with van der Waals surface area (Å²) in [6.07, 6.45) is -0.812. The lowest BCUT2D eigenvalue weighted by molar-refractivity contribution is 0.145. The highest BCUT2D eigenvalue weighted by Crippen LogP contribution is 2.32. The summed E-state index contributed by atoms with van der Waals surface area (Å²) in [6.45, 7) is 4.43. The average Bonchev–Trinajstić information content (AvgIpc) is 2.50. The monoisotopic (exact) mass is 287 g/mol. The standard InChI is InChI=1S/C18H22FNO/c1-12(2)13-7-9-14(10-8-13)18(21)16(11-20)15-5-3-4-6-17(15)19/h3-10,12,16,18,21H,11,20H2,1-2H3. The smallest absolute Gasteiger partial charge is 0.126 e. The molecule has 112 valence electrons. The minimum atomic E-state index is -0.812. The van der Waals surface area contributed by atoms with Crippen molar-refractivity contribution in [1.82, 2.24) is 0 Å². The Kier molecular flexibility index (Phi) is 5.10. The number of aliphatic hydroxyl groups is 1. The maximum Gasteiger partial charge on any atom is 0.126 e. The van der Waals surface area contributed by atoms with E-state index in [4.69, 9.17) is 5.73 Å². The van der Waals surface area contributed by atoms with E-state index in [0.717, 1.165) is 5.56 Å². The summed E-state index contributed by atoms with van der Waals surface area (Å²) in [7, 11) is 0. The van der Waals surface area contributed by atoms with Gasteiger partial charge in [-0.15, -0.1) is 0 Å². The molecule has 2 aromatic carbocycles. The molecule has 2 aromatic rings. The summed E-state index contributed by atoms with van der Waals surface area (Å²) in [5.41, 5.74) is 8.19. The number of hydrogen-bond acceptors (Lipinski definition) is 2. The quantitative estimate of drug-likeness (QED) is 0.880. The largest absolute Gasteiger partial charge is 0.388 e. The molecular weight excluding hydrogens is 265 g/mol. The highest BCUT2D eigenvalue weighted by Gasteiger charge is 2.23. The van der Waals surface area contributed by atoms with Crippen molar-refractivity contribution < 1.29 is 9.50 Å². The van der Waals surface area contributed by atoms with E-state index in [1.54, 1.807) is 18.2 Å². The Morgan fingerprint density at radius 2 is 1.57 bits per heavy atom. The van der Waals surface area contributed by atoms with Crippen molar-refractivity contribution in [3.05, 3.63) is 71.0 Å². The number of rotatable bonds is 5. The van der Waals surface area contributed by atoms with E-state index in [0.29, 0.717) is 11.5 Å². The van der Waals surface area contributed by atoms with Gasteiger partial charge in [-0.3, -0.25) is 0 Å². The van der Waals surface area contributed by atoms with E-state index in [1.165, 1.54) is 11.6 Å². The SMILES string of the molecule is CC(C)c1ccc(C(O)C(CN)c2ccccc2F)cc1. The summed E-state index contributed by atoms with van der Waals surface area (Å²) in [5, 5.41) is 10.5. The van der Waals surface area contributed by atoms with Crippen molar-refractivity contribution >= 4 is 0 Å². The Labute approximate surface area is 125 Å². The van der Waals surface area contributed by atoms with Gasteiger partial charge in [0.25, 0.3) is 0 Å². The van der Waals surface area contributed by atoms with Crippen LogP contribution >= 0.6 is 0 Å². The van der Waals surface area contributed by atoms with Crippen LogP contribution in [-0.2, 0) is 0 Å². The van der Waals surface area contributed by atoms with Gasteiger partial charge in [0.15, 0.2) is 0 Å². The summed E-state index contributed by atoms with van der Waals surface area (Å²) >= 11 is 0. The zero-order chi connectivity index (χ0) is 15.4. The summed E-state index contributed by atoms with van der Waals surface area (Å²) < 4.78 is 13.9. The van der Waals surface area contributed by atoms with E-state index in [2.05, 4.69) is 13.8 Å². The molecule has 0 aromatic heterocycles. The number of nitrogens with two attached hydrogens (primary N) is 1. The van der Waals surface area contributed by atoms with Crippen molar-refractivity contribution in [2.45, 2.75) is 31.8 Å².